The van der Waals surface area contributed by atoms with E-state index < -0.39 is 47.3 Å². The van der Waals surface area contributed by atoms with Crippen molar-refractivity contribution in [2.45, 2.75) is 106 Å². The number of rotatable bonds is 12. The molecule has 24 heteroatoms. The summed E-state index contributed by atoms with van der Waals surface area (Å²) in [5, 5.41) is 9.59. The SMILES string of the molecule is C.CC(=O)OOC(C)=O.CC(C)(C)OC(=O)NC(C=O)Cc1ccc(Cl)cc1.COC(=O)CN.COC(=O)CNCC(Cc1ccc(Cl)cc1)NC(=O)OC(C)(C)C.Cl.[B-]OC(C)=O.[Na+]. The van der Waals surface area contributed by atoms with Crippen molar-refractivity contribution in [2.24, 2.45) is 5.73 Å². The monoisotopic (exact) mass is 991 g/mol. The van der Waals surface area contributed by atoms with Crippen LogP contribution in [0.5, 0.6) is 0 Å². The number of nitrogens with one attached hydrogen (secondary N) is 3. The van der Waals surface area contributed by atoms with E-state index in [-0.39, 0.29) is 80.5 Å². The van der Waals surface area contributed by atoms with E-state index in [4.69, 9.17) is 38.4 Å². The molecule has 0 saturated carbocycles. The molecule has 2 unspecified atom stereocenters. The van der Waals surface area contributed by atoms with Crippen molar-refractivity contribution in [3.05, 3.63) is 69.7 Å². The summed E-state index contributed by atoms with van der Waals surface area (Å²) in [6.45, 7) is 14.7. The molecule has 0 heterocycles. The molecule has 0 aliphatic carbocycles. The van der Waals surface area contributed by atoms with E-state index in [0.717, 1.165) is 25.0 Å². The van der Waals surface area contributed by atoms with Gasteiger partial charge in [0.2, 0.25) is 5.97 Å². The van der Waals surface area contributed by atoms with Crippen LogP contribution in [0.1, 0.15) is 80.9 Å². The molecule has 0 aliphatic heterocycles. The van der Waals surface area contributed by atoms with Crippen LogP contribution < -0.4 is 51.2 Å². The Balaban J connectivity index is -0.000000188. The van der Waals surface area contributed by atoms with Crippen molar-refractivity contribution in [2.75, 3.05) is 33.9 Å². The summed E-state index contributed by atoms with van der Waals surface area (Å²) in [7, 11) is 6.95. The van der Waals surface area contributed by atoms with Gasteiger partial charge in [0.15, 0.2) is 0 Å². The van der Waals surface area contributed by atoms with Gasteiger partial charge in [0, 0.05) is 43.4 Å². The Hall–Kier alpha value is -4.15. The molecule has 2 aromatic rings. The average Bonchev–Trinajstić information content (AvgIpc) is 3.17. The largest absolute Gasteiger partial charge is 1.00 e. The molecular weight excluding hydrogens is 929 g/mol. The molecule has 2 atom stereocenters. The third kappa shape index (κ3) is 50.7. The molecule has 2 aromatic carbocycles. The Labute approximate surface area is 421 Å². The van der Waals surface area contributed by atoms with E-state index >= 15 is 0 Å². The number of esters is 2. The van der Waals surface area contributed by atoms with E-state index in [1.54, 1.807) is 65.8 Å². The van der Waals surface area contributed by atoms with Crippen molar-refractivity contribution < 1.29 is 101 Å². The van der Waals surface area contributed by atoms with Crippen molar-refractivity contribution in [3.8, 4) is 0 Å². The molecule has 2 amide bonds. The Morgan fingerprint density at radius 3 is 1.35 bits per heavy atom. The third-order valence-electron chi connectivity index (χ3n) is 6.08. The maximum Gasteiger partial charge on any atom is 1.00 e. The minimum atomic E-state index is -0.639. The predicted octanol–water partition coefficient (Wildman–Crippen LogP) is 2.35. The van der Waals surface area contributed by atoms with Crippen LogP contribution >= 0.6 is 35.6 Å². The smallest absolute Gasteiger partial charge is 0.793 e. The second-order valence-electron chi connectivity index (χ2n) is 14.1. The summed E-state index contributed by atoms with van der Waals surface area (Å²) in [6.07, 6.45) is 0.572. The first-order chi connectivity index (χ1) is 28.7. The second kappa shape index (κ2) is 41.3. The summed E-state index contributed by atoms with van der Waals surface area (Å²) in [5.41, 5.74) is 5.58. The number of aldehydes is 1. The summed E-state index contributed by atoms with van der Waals surface area (Å²) in [5.74, 6) is -2.49. The van der Waals surface area contributed by atoms with Gasteiger partial charge in [-0.15, -0.1) is 12.4 Å². The van der Waals surface area contributed by atoms with E-state index in [9.17, 15) is 38.4 Å². The van der Waals surface area contributed by atoms with Crippen LogP contribution in [0.2, 0.25) is 10.0 Å². The van der Waals surface area contributed by atoms with Crippen molar-refractivity contribution in [1.82, 2.24) is 16.0 Å². The first-order valence-electron chi connectivity index (χ1n) is 18.4. The predicted molar refractivity (Wildman–Crippen MR) is 244 cm³/mol. The van der Waals surface area contributed by atoms with E-state index in [1.165, 1.54) is 21.1 Å². The number of nitrogens with two attached hydrogens (primary N) is 1. The van der Waals surface area contributed by atoms with Crippen LogP contribution in [0.15, 0.2) is 48.5 Å². The van der Waals surface area contributed by atoms with E-state index in [2.05, 4.69) is 47.9 Å². The molecule has 3 radical (unpaired) electrons. The Kier molecular flexibility index (Phi) is 46.0. The molecule has 363 valence electrons. The normalized spacial score (nSPS) is 10.4. The maximum absolute atomic E-state index is 12.0. The summed E-state index contributed by atoms with van der Waals surface area (Å²) < 4.78 is 22.7. The van der Waals surface area contributed by atoms with Gasteiger partial charge < -0.3 is 58.1 Å². The zero-order valence-corrected chi connectivity index (χ0v) is 42.7. The van der Waals surface area contributed by atoms with Gasteiger partial charge in [-0.1, -0.05) is 54.9 Å². The van der Waals surface area contributed by atoms with Crippen LogP contribution in [0, 0.1) is 0 Å². The molecule has 19 nitrogen and oxygen atoms in total. The van der Waals surface area contributed by atoms with E-state index in [1.807, 2.05) is 24.3 Å². The minimum Gasteiger partial charge on any atom is -0.793 e. The fourth-order valence-corrected chi connectivity index (χ4v) is 3.89. The number of carbonyl (C=O) groups is 8. The van der Waals surface area contributed by atoms with Gasteiger partial charge >= 0.3 is 65.6 Å². The molecule has 65 heavy (non-hydrogen) atoms. The number of hydrogen-bond donors (Lipinski definition) is 4. The third-order valence-corrected chi connectivity index (χ3v) is 6.58. The molecule has 0 aromatic heterocycles. The van der Waals surface area contributed by atoms with Gasteiger partial charge in [-0.05, 0) is 89.8 Å². The maximum atomic E-state index is 12.0. The van der Waals surface area contributed by atoms with Crippen LogP contribution in [-0.4, -0.2) is 114 Å². The fraction of sp³-hybridized carbons (Fsp3) is 0.512. The number of methoxy groups -OCH3 is 2. The number of halogens is 3. The fourth-order valence-electron chi connectivity index (χ4n) is 3.64. The topological polar surface area (TPSA) is 263 Å². The number of carbonyl (C=O) groups excluding carboxylic acids is 8. The van der Waals surface area contributed by atoms with Gasteiger partial charge in [-0.3, -0.25) is 14.4 Å². The van der Waals surface area contributed by atoms with Gasteiger partial charge in [0.05, 0.1) is 33.4 Å². The number of ether oxygens (including phenoxy) is 4. The number of alkyl carbamates (subject to hydrolysis) is 2. The molecular formula is C41H64BCl3N4NaO15. The quantitative estimate of drug-likeness (QED) is 0.0594. The molecule has 0 saturated heterocycles. The summed E-state index contributed by atoms with van der Waals surface area (Å²) in [4.78, 5) is 92.3. The molecule has 0 aliphatic rings. The summed E-state index contributed by atoms with van der Waals surface area (Å²) >= 11 is 11.7. The van der Waals surface area contributed by atoms with Gasteiger partial charge in [0.1, 0.15) is 17.5 Å². The van der Waals surface area contributed by atoms with Gasteiger partial charge in [-0.2, -0.15) is 0 Å². The Morgan fingerprint density at radius 1 is 0.692 bits per heavy atom. The van der Waals surface area contributed by atoms with Gasteiger partial charge in [-0.25, -0.2) is 29.0 Å². The average molecular weight is 993 g/mol. The Bertz CT molecular complexity index is 1650. The van der Waals surface area contributed by atoms with Crippen LogP contribution in [-0.2, 0) is 75.0 Å². The Morgan fingerprint density at radius 2 is 1.06 bits per heavy atom. The van der Waals surface area contributed by atoms with Gasteiger partial charge in [0.25, 0.3) is 0 Å². The van der Waals surface area contributed by atoms with Crippen molar-refractivity contribution in [3.63, 3.8) is 0 Å². The zero-order chi connectivity index (χ0) is 48.5. The molecule has 0 spiro atoms. The van der Waals surface area contributed by atoms with Crippen molar-refractivity contribution >= 4 is 92.0 Å². The first kappa shape index (κ1) is 72.5. The minimum absolute atomic E-state index is 0. The number of hydrogen-bond acceptors (Lipinski definition) is 17. The van der Waals surface area contributed by atoms with Crippen LogP contribution in [0.3, 0.4) is 0 Å². The van der Waals surface area contributed by atoms with Crippen LogP contribution in [0.25, 0.3) is 0 Å². The zero-order valence-electron chi connectivity index (χ0n) is 38.3. The number of amides is 2. The van der Waals surface area contributed by atoms with E-state index in [0.29, 0.717) is 35.7 Å². The summed E-state index contributed by atoms with van der Waals surface area (Å²) in [6, 6.07) is 13.6. The molecule has 0 bridgehead atoms. The molecule has 5 N–H and O–H groups in total. The first-order valence-corrected chi connectivity index (χ1v) is 19.2. The molecule has 0 fully saturated rings. The standard InChI is InChI=1S/C17H25ClN2O4.C14H18ClNO3.C4H6O4.C3H7NO2.C2H3BO2.CH4.ClH.Na/c1-17(2,3)24-16(22)20-14(10-19-11-15(21)23-4)9-12-5-7-13(18)8-6-12;1-14(2,3)19-13(18)16-12(9-17)8-10-4-6-11(15)7-5-10;1-3(5)7-8-4(2)6;1-6-3(5)2-4;1-2(4)5-3;;;/h5-8,14,19H,9-11H2,1-4H3,(H,20,22);4-7,9,12H,8H2,1-3H3,(H,16,18);1-2H3;2,4H2,1H3;1H3;1H4;1H;/q;;;;-1;;;+1. The number of benzene rings is 2. The van der Waals surface area contributed by atoms with Crippen LogP contribution in [0.4, 0.5) is 9.59 Å². The van der Waals surface area contributed by atoms with Crippen molar-refractivity contribution in [1.29, 1.82) is 0 Å². The second-order valence-corrected chi connectivity index (χ2v) is 15.0. The molecule has 2 rings (SSSR count).